The predicted molar refractivity (Wildman–Crippen MR) is 96.9 cm³/mol. The Hall–Kier alpha value is -1.12. The molecule has 0 amide bonds. The minimum absolute atomic E-state index is 0.0172. The topological polar surface area (TPSA) is 0 Å². The maximum absolute atomic E-state index is 3.77. The second kappa shape index (κ2) is 4.44. The molecular formula is C19H14Br2. The van der Waals surface area contributed by atoms with Crippen LogP contribution in [0.4, 0.5) is 0 Å². The first kappa shape index (κ1) is 13.5. The monoisotopic (exact) mass is 400 g/mol. The molecule has 0 saturated heterocycles. The Balaban J connectivity index is 2.33. The summed E-state index contributed by atoms with van der Waals surface area (Å²) in [6.07, 6.45) is 0. The van der Waals surface area contributed by atoms with Gasteiger partial charge in [-0.15, -0.1) is 0 Å². The molecule has 0 aromatic heterocycles. The Labute approximate surface area is 141 Å². The Morgan fingerprint density at radius 1 is 0.810 bits per heavy atom. The molecule has 0 heterocycles. The fourth-order valence-corrected chi connectivity index (χ4v) is 5.08. The van der Waals surface area contributed by atoms with Gasteiger partial charge in [0.25, 0.3) is 0 Å². The van der Waals surface area contributed by atoms with Crippen molar-refractivity contribution in [3.63, 3.8) is 0 Å². The largest absolute Gasteiger partial charge is 0.0619 e. The summed E-state index contributed by atoms with van der Waals surface area (Å²) >= 11 is 7.49. The minimum Gasteiger partial charge on any atom is -0.0619 e. The van der Waals surface area contributed by atoms with E-state index in [-0.39, 0.29) is 5.41 Å². The van der Waals surface area contributed by atoms with E-state index in [1.54, 1.807) is 0 Å². The lowest BCUT2D eigenvalue weighted by molar-refractivity contribution is 0.645. The molecule has 21 heavy (non-hydrogen) atoms. The van der Waals surface area contributed by atoms with E-state index in [1.807, 2.05) is 0 Å². The lowest BCUT2D eigenvalue weighted by Crippen LogP contribution is -2.23. The Kier molecular flexibility index (Phi) is 2.86. The summed E-state index contributed by atoms with van der Waals surface area (Å²) in [6, 6.07) is 17.5. The number of hydrogen-bond acceptors (Lipinski definition) is 0. The van der Waals surface area contributed by atoms with Crippen LogP contribution in [0.5, 0.6) is 0 Å². The van der Waals surface area contributed by atoms with Crippen LogP contribution in [0.3, 0.4) is 0 Å². The molecule has 1 aliphatic rings. The molecule has 0 saturated carbocycles. The van der Waals surface area contributed by atoms with Gasteiger partial charge in [0.15, 0.2) is 0 Å². The van der Waals surface area contributed by atoms with Crippen molar-refractivity contribution in [2.24, 2.45) is 0 Å². The Morgan fingerprint density at radius 3 is 2.33 bits per heavy atom. The number of halogens is 2. The van der Waals surface area contributed by atoms with Crippen LogP contribution in [0, 0.1) is 0 Å². The molecule has 0 N–H and O–H groups in total. The van der Waals surface area contributed by atoms with E-state index < -0.39 is 0 Å². The summed E-state index contributed by atoms with van der Waals surface area (Å²) in [4.78, 5) is 0. The molecule has 3 aromatic carbocycles. The van der Waals surface area contributed by atoms with Gasteiger partial charge in [-0.25, -0.2) is 0 Å². The summed E-state index contributed by atoms with van der Waals surface area (Å²) < 4.78 is 2.29. The molecule has 3 aromatic rings. The van der Waals surface area contributed by atoms with Crippen molar-refractivity contribution in [3.05, 3.63) is 68.6 Å². The van der Waals surface area contributed by atoms with E-state index >= 15 is 0 Å². The smallest absolute Gasteiger partial charge is 0.0271 e. The van der Waals surface area contributed by atoms with E-state index in [9.17, 15) is 0 Å². The number of rotatable bonds is 0. The van der Waals surface area contributed by atoms with Gasteiger partial charge in [-0.05, 0) is 33.5 Å². The third-order valence-corrected chi connectivity index (χ3v) is 5.89. The molecule has 4 rings (SSSR count). The van der Waals surface area contributed by atoms with Gasteiger partial charge >= 0.3 is 0 Å². The van der Waals surface area contributed by atoms with Gasteiger partial charge in [-0.3, -0.25) is 0 Å². The van der Waals surface area contributed by atoms with E-state index in [0.717, 1.165) is 8.95 Å². The summed E-state index contributed by atoms with van der Waals surface area (Å²) in [5, 5.41) is 2.65. The molecule has 0 bridgehead atoms. The van der Waals surface area contributed by atoms with E-state index in [2.05, 4.69) is 94.2 Å². The molecule has 0 radical (unpaired) electrons. The number of benzene rings is 3. The predicted octanol–water partition coefficient (Wildman–Crippen LogP) is 6.67. The normalized spacial score (nSPS) is 15.0. The molecule has 0 spiro atoms. The zero-order valence-electron chi connectivity index (χ0n) is 11.9. The lowest BCUT2D eigenvalue weighted by atomic mass is 9.68. The minimum atomic E-state index is 0.0172. The van der Waals surface area contributed by atoms with Gasteiger partial charge in [0.1, 0.15) is 0 Å². The standard InChI is InChI=1S/C19H14Br2/c1-19(2)13-8-4-3-6-11(13)18-16(21)10-15(20)12-7-5-9-14(19)17(12)18/h3-10H,1-2H3. The van der Waals surface area contributed by atoms with Crippen molar-refractivity contribution >= 4 is 42.6 Å². The van der Waals surface area contributed by atoms with Crippen molar-refractivity contribution in [3.8, 4) is 11.1 Å². The molecule has 1 aliphatic carbocycles. The third kappa shape index (κ3) is 1.72. The van der Waals surface area contributed by atoms with Gasteiger partial charge in [0.05, 0.1) is 0 Å². The summed E-state index contributed by atoms with van der Waals surface area (Å²) in [7, 11) is 0. The summed E-state index contributed by atoms with van der Waals surface area (Å²) in [5.41, 5.74) is 5.47. The van der Waals surface area contributed by atoms with Crippen LogP contribution in [-0.4, -0.2) is 0 Å². The highest BCUT2D eigenvalue weighted by Gasteiger charge is 2.34. The molecule has 104 valence electrons. The second-order valence-electron chi connectivity index (χ2n) is 6.11. The molecule has 0 atom stereocenters. The van der Waals surface area contributed by atoms with Crippen molar-refractivity contribution in [1.82, 2.24) is 0 Å². The van der Waals surface area contributed by atoms with Crippen LogP contribution < -0.4 is 0 Å². The molecule has 0 aliphatic heterocycles. The van der Waals surface area contributed by atoms with E-state index in [1.165, 1.54) is 33.0 Å². The van der Waals surface area contributed by atoms with Gasteiger partial charge in [0.2, 0.25) is 0 Å². The fraction of sp³-hybridized carbons (Fsp3) is 0.158. The SMILES string of the molecule is CC1(C)c2ccccc2-c2c(Br)cc(Br)c3cccc1c23. The number of fused-ring (bicyclic) bond motifs is 2. The quantitative estimate of drug-likeness (QED) is 0.394. The highest BCUT2D eigenvalue weighted by Crippen LogP contribution is 2.51. The fourth-order valence-electron chi connectivity index (χ4n) is 3.58. The summed E-state index contributed by atoms with van der Waals surface area (Å²) in [5.74, 6) is 0. The van der Waals surface area contributed by atoms with Crippen molar-refractivity contribution in [2.75, 3.05) is 0 Å². The van der Waals surface area contributed by atoms with Crippen molar-refractivity contribution in [1.29, 1.82) is 0 Å². The lowest BCUT2D eigenvalue weighted by Gasteiger charge is -2.35. The Morgan fingerprint density at radius 2 is 1.52 bits per heavy atom. The molecule has 2 heteroatoms. The third-order valence-electron chi connectivity index (χ3n) is 4.61. The first-order valence-electron chi connectivity index (χ1n) is 7.03. The van der Waals surface area contributed by atoms with Crippen LogP contribution >= 0.6 is 31.9 Å². The van der Waals surface area contributed by atoms with Crippen LogP contribution in [0.15, 0.2) is 57.5 Å². The molecule has 0 unspecified atom stereocenters. The average molecular weight is 402 g/mol. The zero-order chi connectivity index (χ0) is 14.8. The molecular weight excluding hydrogens is 388 g/mol. The van der Waals surface area contributed by atoms with E-state index in [4.69, 9.17) is 0 Å². The van der Waals surface area contributed by atoms with Crippen LogP contribution in [-0.2, 0) is 5.41 Å². The molecule has 0 fully saturated rings. The highest BCUT2D eigenvalue weighted by molar-refractivity contribution is 9.11. The number of hydrogen-bond donors (Lipinski definition) is 0. The van der Waals surface area contributed by atoms with Crippen LogP contribution in [0.1, 0.15) is 25.0 Å². The van der Waals surface area contributed by atoms with Gasteiger partial charge < -0.3 is 0 Å². The van der Waals surface area contributed by atoms with E-state index in [0.29, 0.717) is 0 Å². The highest BCUT2D eigenvalue weighted by atomic mass is 79.9. The zero-order valence-corrected chi connectivity index (χ0v) is 15.0. The van der Waals surface area contributed by atoms with Gasteiger partial charge in [-0.1, -0.05) is 88.2 Å². The maximum Gasteiger partial charge on any atom is 0.0271 e. The van der Waals surface area contributed by atoms with Gasteiger partial charge in [-0.2, -0.15) is 0 Å². The first-order chi connectivity index (χ1) is 10.0. The second-order valence-corrected chi connectivity index (χ2v) is 7.82. The maximum atomic E-state index is 3.77. The van der Waals surface area contributed by atoms with Crippen LogP contribution in [0.2, 0.25) is 0 Å². The van der Waals surface area contributed by atoms with Gasteiger partial charge in [0, 0.05) is 19.9 Å². The Bertz CT molecular complexity index is 891. The molecule has 0 nitrogen and oxygen atoms in total. The van der Waals surface area contributed by atoms with Crippen molar-refractivity contribution in [2.45, 2.75) is 19.3 Å². The first-order valence-corrected chi connectivity index (χ1v) is 8.61. The average Bonchev–Trinajstić information content (AvgIpc) is 2.46. The summed E-state index contributed by atoms with van der Waals surface area (Å²) in [6.45, 7) is 4.64. The van der Waals surface area contributed by atoms with Crippen molar-refractivity contribution < 1.29 is 0 Å². The van der Waals surface area contributed by atoms with Crippen LogP contribution in [0.25, 0.3) is 21.9 Å².